The molecule has 2 aromatic rings. The Morgan fingerprint density at radius 3 is 2.30 bits per heavy atom. The Labute approximate surface area is 163 Å². The molecule has 0 saturated heterocycles. The predicted molar refractivity (Wildman–Crippen MR) is 117 cm³/mol. The third-order valence-corrected chi connectivity index (χ3v) is 4.82. The maximum absolute atomic E-state index is 12.5. The van der Waals surface area contributed by atoms with Crippen LogP contribution in [0.5, 0.6) is 0 Å². The minimum absolute atomic E-state index is 0. The lowest BCUT2D eigenvalue weighted by molar-refractivity contribution is 0.102. The van der Waals surface area contributed by atoms with Gasteiger partial charge in [-0.1, -0.05) is 50.8 Å². The van der Waals surface area contributed by atoms with Crippen molar-refractivity contribution < 1.29 is 4.79 Å². The molecule has 0 aliphatic carbocycles. The lowest BCUT2D eigenvalue weighted by Gasteiger charge is -2.14. The minimum atomic E-state index is -0.0784. The highest BCUT2D eigenvalue weighted by Gasteiger charge is 2.09. The van der Waals surface area contributed by atoms with Gasteiger partial charge in [0.25, 0.3) is 5.91 Å². The molecule has 0 saturated carbocycles. The minimum Gasteiger partial charge on any atom is -0.322 e. The van der Waals surface area contributed by atoms with Crippen LogP contribution in [0.4, 0.5) is 5.69 Å². The first-order valence-electron chi connectivity index (χ1n) is 9.28. The van der Waals surface area contributed by atoms with Gasteiger partial charge in [-0.3, -0.25) is 4.79 Å². The molecule has 0 unspecified atom stereocenters. The quantitative estimate of drug-likeness (QED) is 0.709. The Bertz CT molecular complexity index is 814. The van der Waals surface area contributed by atoms with Crippen molar-refractivity contribution >= 4 is 22.7 Å². The van der Waals surface area contributed by atoms with Crippen molar-refractivity contribution in [2.45, 2.75) is 34.1 Å². The summed E-state index contributed by atoms with van der Waals surface area (Å²) in [7, 11) is 0. The van der Waals surface area contributed by atoms with E-state index < -0.39 is 0 Å². The van der Waals surface area contributed by atoms with Crippen LogP contribution in [0.3, 0.4) is 0 Å². The molecule has 0 fully saturated rings. The average Bonchev–Trinajstić information content (AvgIpc) is 2.71. The van der Waals surface area contributed by atoms with Gasteiger partial charge in [0.1, 0.15) is 0 Å². The molecule has 0 aromatic heterocycles. The van der Waals surface area contributed by atoms with Crippen LogP contribution in [-0.2, 0) is 0 Å². The van der Waals surface area contributed by atoms with Crippen LogP contribution in [0.2, 0.25) is 0 Å². The van der Waals surface area contributed by atoms with E-state index in [0.717, 1.165) is 31.6 Å². The van der Waals surface area contributed by atoms with Crippen LogP contribution in [0.25, 0.3) is 11.1 Å². The summed E-state index contributed by atoms with van der Waals surface area (Å²) in [5, 5.41) is 6.29. The molecule has 1 aliphatic rings. The van der Waals surface area contributed by atoms with Gasteiger partial charge in [-0.2, -0.15) is 0 Å². The van der Waals surface area contributed by atoms with Crippen LogP contribution in [0.1, 0.15) is 55.6 Å². The lowest BCUT2D eigenvalue weighted by Crippen LogP contribution is -2.20. The summed E-state index contributed by atoms with van der Waals surface area (Å²) in [5.74, 6) is -0.0784. The summed E-state index contributed by atoms with van der Waals surface area (Å²) in [6, 6.07) is 15.9. The van der Waals surface area contributed by atoms with Crippen molar-refractivity contribution in [3.8, 4) is 0 Å². The van der Waals surface area contributed by atoms with Crippen molar-refractivity contribution in [1.82, 2.24) is 5.32 Å². The van der Waals surface area contributed by atoms with E-state index in [-0.39, 0.29) is 13.3 Å². The maximum atomic E-state index is 12.5. The lowest BCUT2D eigenvalue weighted by atomic mass is 9.99. The van der Waals surface area contributed by atoms with Crippen molar-refractivity contribution in [1.29, 1.82) is 0 Å². The molecule has 3 rings (SSSR count). The molecule has 1 aliphatic heterocycles. The summed E-state index contributed by atoms with van der Waals surface area (Å²) in [6.45, 7) is 6.13. The summed E-state index contributed by atoms with van der Waals surface area (Å²) in [4.78, 5) is 12.5. The molecule has 3 heteroatoms. The number of carbonyl (C=O) groups excluding carboxylic acids is 1. The van der Waals surface area contributed by atoms with E-state index in [9.17, 15) is 4.79 Å². The number of hydrogen-bond donors (Lipinski definition) is 2. The zero-order chi connectivity index (χ0) is 18.4. The van der Waals surface area contributed by atoms with Crippen LogP contribution < -0.4 is 10.6 Å². The second kappa shape index (κ2) is 9.89. The molecular weight excluding hydrogens is 332 g/mol. The average molecular weight is 363 g/mol. The van der Waals surface area contributed by atoms with E-state index in [0.29, 0.717) is 5.56 Å². The van der Waals surface area contributed by atoms with Crippen molar-refractivity contribution in [2.24, 2.45) is 0 Å². The first kappa shape index (κ1) is 20.7. The summed E-state index contributed by atoms with van der Waals surface area (Å²) < 4.78 is 0. The predicted octanol–water partition coefficient (Wildman–Crippen LogP) is 5.77. The van der Waals surface area contributed by atoms with E-state index in [1.54, 1.807) is 0 Å². The Hall–Kier alpha value is -2.65. The van der Waals surface area contributed by atoms with Gasteiger partial charge in [-0.15, -0.1) is 0 Å². The number of hydrogen-bond acceptors (Lipinski definition) is 2. The molecule has 142 valence electrons. The van der Waals surface area contributed by atoms with Crippen molar-refractivity contribution in [3.05, 3.63) is 77.4 Å². The number of allylic oxidation sites excluding steroid dienone is 2. The Balaban J connectivity index is 0.00000261. The Kier molecular flexibility index (Phi) is 7.56. The first-order valence-corrected chi connectivity index (χ1v) is 9.28. The van der Waals surface area contributed by atoms with Gasteiger partial charge >= 0.3 is 0 Å². The molecule has 0 atom stereocenters. The molecule has 2 N–H and O–H groups in total. The number of amides is 1. The number of carbonyl (C=O) groups is 1. The van der Waals surface area contributed by atoms with Gasteiger partial charge in [-0.25, -0.2) is 0 Å². The second-order valence-electron chi connectivity index (χ2n) is 6.46. The maximum Gasteiger partial charge on any atom is 0.255 e. The van der Waals surface area contributed by atoms with E-state index in [1.165, 1.54) is 22.3 Å². The highest BCUT2D eigenvalue weighted by molar-refractivity contribution is 6.04. The van der Waals surface area contributed by atoms with Crippen LogP contribution in [-0.4, -0.2) is 19.0 Å². The fraction of sp³-hybridized carbons (Fsp3) is 0.292. The molecule has 3 nitrogen and oxygen atoms in total. The summed E-state index contributed by atoms with van der Waals surface area (Å²) in [6.07, 6.45) is 6.38. The van der Waals surface area contributed by atoms with E-state index >= 15 is 0 Å². The first-order chi connectivity index (χ1) is 12.7. The second-order valence-corrected chi connectivity index (χ2v) is 6.46. The monoisotopic (exact) mass is 362 g/mol. The molecule has 2 aromatic carbocycles. The fourth-order valence-corrected chi connectivity index (χ4v) is 3.27. The van der Waals surface area contributed by atoms with Gasteiger partial charge in [0, 0.05) is 17.8 Å². The van der Waals surface area contributed by atoms with Gasteiger partial charge in [-0.05, 0) is 72.8 Å². The summed E-state index contributed by atoms with van der Waals surface area (Å²) in [5.41, 5.74) is 6.55. The number of rotatable bonds is 5. The fourth-order valence-electron chi connectivity index (χ4n) is 3.27. The van der Waals surface area contributed by atoms with Crippen molar-refractivity contribution in [2.75, 3.05) is 18.4 Å². The van der Waals surface area contributed by atoms with Crippen molar-refractivity contribution in [3.63, 3.8) is 0 Å². The smallest absolute Gasteiger partial charge is 0.255 e. The highest BCUT2D eigenvalue weighted by Crippen LogP contribution is 2.22. The van der Waals surface area contributed by atoms with Gasteiger partial charge in [0.05, 0.1) is 0 Å². The SMILES string of the molecule is C.C/C=C(\CC)c1ccc(NC(=O)c2ccc(C3=CCNCC3)cc2)cc1. The largest absolute Gasteiger partial charge is 0.322 e. The molecular formula is C24H30N2O. The van der Waals surface area contributed by atoms with Gasteiger partial charge in [0.15, 0.2) is 0 Å². The number of anilines is 1. The third-order valence-electron chi connectivity index (χ3n) is 4.82. The molecule has 27 heavy (non-hydrogen) atoms. The molecule has 0 radical (unpaired) electrons. The molecule has 0 bridgehead atoms. The van der Waals surface area contributed by atoms with Gasteiger partial charge < -0.3 is 10.6 Å². The van der Waals surface area contributed by atoms with E-state index in [2.05, 4.69) is 48.8 Å². The Morgan fingerprint density at radius 1 is 1.07 bits per heavy atom. The van der Waals surface area contributed by atoms with E-state index in [1.807, 2.05) is 36.4 Å². The highest BCUT2D eigenvalue weighted by atomic mass is 16.1. The van der Waals surface area contributed by atoms with Gasteiger partial charge in [0.2, 0.25) is 0 Å². The zero-order valence-corrected chi connectivity index (χ0v) is 15.5. The Morgan fingerprint density at radius 2 is 1.74 bits per heavy atom. The summed E-state index contributed by atoms with van der Waals surface area (Å²) >= 11 is 0. The standard InChI is InChI=1S/C23H26N2O.CH4/c1-3-17(4-2)18-9-11-22(12-10-18)25-23(26)21-7-5-19(6-8-21)20-13-15-24-16-14-20;/h3,5-13,24H,4,14-16H2,1-2H3,(H,25,26);1H4/b17-3+;. The number of benzene rings is 2. The molecule has 1 heterocycles. The van der Waals surface area contributed by atoms with E-state index in [4.69, 9.17) is 0 Å². The number of nitrogens with one attached hydrogen (secondary N) is 2. The van der Waals surface area contributed by atoms with Crippen LogP contribution in [0.15, 0.2) is 60.7 Å². The topological polar surface area (TPSA) is 41.1 Å². The van der Waals surface area contributed by atoms with Crippen LogP contribution in [0, 0.1) is 0 Å². The normalized spacial score (nSPS) is 14.1. The van der Waals surface area contributed by atoms with Crippen LogP contribution >= 0.6 is 0 Å². The zero-order valence-electron chi connectivity index (χ0n) is 15.5. The molecule has 0 spiro atoms. The molecule has 1 amide bonds. The third kappa shape index (κ3) is 5.18.